The highest BCUT2D eigenvalue weighted by atomic mass is 19.3. The number of hydrogen-bond acceptors (Lipinski definition) is 4. The van der Waals surface area contributed by atoms with E-state index in [1.54, 1.807) is 24.1 Å². The number of benzene rings is 1. The van der Waals surface area contributed by atoms with Gasteiger partial charge in [0.2, 0.25) is 5.91 Å². The number of amides is 1. The Morgan fingerprint density at radius 1 is 1.45 bits per heavy atom. The Labute approximate surface area is 128 Å². The third-order valence-corrected chi connectivity index (χ3v) is 3.41. The van der Waals surface area contributed by atoms with E-state index in [2.05, 4.69) is 10.1 Å². The van der Waals surface area contributed by atoms with Crippen LogP contribution in [0.15, 0.2) is 24.3 Å². The Kier molecular flexibility index (Phi) is 6.09. The van der Waals surface area contributed by atoms with E-state index in [4.69, 9.17) is 4.74 Å². The first-order chi connectivity index (χ1) is 10.5. The third-order valence-electron chi connectivity index (χ3n) is 3.41. The summed E-state index contributed by atoms with van der Waals surface area (Å²) < 4.78 is 33.7. The molecular weight excluding hydrogens is 294 g/mol. The molecule has 22 heavy (non-hydrogen) atoms. The number of hydrogen-bond donors (Lipinski definition) is 1. The van der Waals surface area contributed by atoms with E-state index >= 15 is 0 Å². The van der Waals surface area contributed by atoms with Gasteiger partial charge in [0, 0.05) is 32.6 Å². The number of ether oxygens (including phenoxy) is 2. The zero-order valence-corrected chi connectivity index (χ0v) is 12.4. The molecule has 1 N–H and O–H groups in total. The predicted molar refractivity (Wildman–Crippen MR) is 76.8 cm³/mol. The molecule has 122 valence electrons. The van der Waals surface area contributed by atoms with Crippen molar-refractivity contribution in [1.29, 1.82) is 0 Å². The Bertz CT molecular complexity index is 476. The molecule has 1 aliphatic heterocycles. The van der Waals surface area contributed by atoms with Gasteiger partial charge >= 0.3 is 6.61 Å². The van der Waals surface area contributed by atoms with Crippen molar-refractivity contribution in [2.75, 3.05) is 26.8 Å². The molecule has 0 radical (unpaired) electrons. The Morgan fingerprint density at radius 3 is 2.77 bits per heavy atom. The topological polar surface area (TPSA) is 50.8 Å². The normalized spacial score (nSPS) is 18.3. The number of carbonyl (C=O) groups is 1. The first kappa shape index (κ1) is 16.6. The van der Waals surface area contributed by atoms with Crippen LogP contribution in [-0.2, 0) is 16.1 Å². The minimum Gasteiger partial charge on any atom is -0.435 e. The van der Waals surface area contributed by atoms with Crippen molar-refractivity contribution in [2.24, 2.45) is 0 Å². The highest BCUT2D eigenvalue weighted by molar-refractivity contribution is 5.76. The van der Waals surface area contributed by atoms with E-state index in [1.807, 2.05) is 0 Å². The van der Waals surface area contributed by atoms with E-state index in [9.17, 15) is 13.6 Å². The second kappa shape index (κ2) is 8.05. The minimum absolute atomic E-state index is 0.0101. The molecule has 1 atom stereocenters. The number of nitrogens with zero attached hydrogens (tertiary/aromatic N) is 1. The zero-order valence-electron chi connectivity index (χ0n) is 12.4. The number of alkyl halides is 2. The fourth-order valence-corrected chi connectivity index (χ4v) is 2.26. The molecule has 5 nitrogen and oxygen atoms in total. The average molecular weight is 314 g/mol. The maximum Gasteiger partial charge on any atom is 0.387 e. The van der Waals surface area contributed by atoms with Crippen molar-refractivity contribution in [3.63, 3.8) is 0 Å². The van der Waals surface area contributed by atoms with Gasteiger partial charge in [-0.1, -0.05) is 12.1 Å². The summed E-state index contributed by atoms with van der Waals surface area (Å²) in [4.78, 5) is 13.7. The van der Waals surface area contributed by atoms with Crippen molar-refractivity contribution >= 4 is 5.91 Å². The second-order valence-corrected chi connectivity index (χ2v) is 5.20. The van der Waals surface area contributed by atoms with Crippen molar-refractivity contribution in [3.05, 3.63) is 29.8 Å². The van der Waals surface area contributed by atoms with Crippen molar-refractivity contribution < 1.29 is 23.0 Å². The third kappa shape index (κ3) is 5.23. The van der Waals surface area contributed by atoms with Crippen LogP contribution in [0.25, 0.3) is 0 Å². The second-order valence-electron chi connectivity index (χ2n) is 5.20. The van der Waals surface area contributed by atoms with Crippen LogP contribution in [0.1, 0.15) is 12.0 Å². The number of rotatable bonds is 6. The van der Waals surface area contributed by atoms with E-state index < -0.39 is 6.61 Å². The zero-order chi connectivity index (χ0) is 15.9. The molecule has 0 saturated carbocycles. The quantitative estimate of drug-likeness (QED) is 0.867. The van der Waals surface area contributed by atoms with Crippen LogP contribution in [0, 0.1) is 0 Å². The molecule has 1 heterocycles. The summed E-state index contributed by atoms with van der Waals surface area (Å²) >= 11 is 0. The molecule has 1 aliphatic rings. The summed E-state index contributed by atoms with van der Waals surface area (Å²) in [6.45, 7) is -0.443. The highest BCUT2D eigenvalue weighted by Crippen LogP contribution is 2.16. The summed E-state index contributed by atoms with van der Waals surface area (Å²) in [5.41, 5.74) is 0.852. The van der Waals surface area contributed by atoms with Gasteiger partial charge in [-0.05, 0) is 17.7 Å². The molecule has 0 bridgehead atoms. The monoisotopic (exact) mass is 314 g/mol. The Balaban J connectivity index is 1.82. The van der Waals surface area contributed by atoms with Crippen LogP contribution in [0.3, 0.4) is 0 Å². The van der Waals surface area contributed by atoms with Crippen molar-refractivity contribution in [3.8, 4) is 5.75 Å². The summed E-state index contributed by atoms with van der Waals surface area (Å²) in [6.07, 6.45) is 0.378. The van der Waals surface area contributed by atoms with Crippen LogP contribution >= 0.6 is 0 Å². The van der Waals surface area contributed by atoms with Gasteiger partial charge in [-0.3, -0.25) is 4.79 Å². The fourth-order valence-electron chi connectivity index (χ4n) is 2.26. The number of morpholine rings is 1. The SMILES string of the molecule is CN(Cc1ccc(OC(F)F)cc1)C(=O)CC1COCCN1. The molecule has 0 spiro atoms. The van der Waals surface area contributed by atoms with Gasteiger partial charge in [0.15, 0.2) is 0 Å². The lowest BCUT2D eigenvalue weighted by atomic mass is 10.1. The molecule has 7 heteroatoms. The Hall–Kier alpha value is -1.73. The van der Waals surface area contributed by atoms with Gasteiger partial charge in [0.05, 0.1) is 13.2 Å². The van der Waals surface area contributed by atoms with Gasteiger partial charge in [-0.25, -0.2) is 0 Å². The molecule has 1 aromatic carbocycles. The van der Waals surface area contributed by atoms with E-state index in [-0.39, 0.29) is 17.7 Å². The van der Waals surface area contributed by atoms with Crippen LogP contribution < -0.4 is 10.1 Å². The summed E-state index contributed by atoms with van der Waals surface area (Å²) in [7, 11) is 1.72. The smallest absolute Gasteiger partial charge is 0.387 e. The Morgan fingerprint density at radius 2 is 2.18 bits per heavy atom. The van der Waals surface area contributed by atoms with Crippen LogP contribution in [0.4, 0.5) is 8.78 Å². The summed E-state index contributed by atoms with van der Waals surface area (Å²) in [6, 6.07) is 6.32. The first-order valence-electron chi connectivity index (χ1n) is 7.13. The van der Waals surface area contributed by atoms with E-state index in [0.717, 1.165) is 12.1 Å². The molecule has 1 unspecified atom stereocenters. The van der Waals surface area contributed by atoms with Gasteiger partial charge < -0.3 is 19.7 Å². The van der Waals surface area contributed by atoms with Gasteiger partial charge in [-0.15, -0.1) is 0 Å². The van der Waals surface area contributed by atoms with Crippen LogP contribution in [-0.4, -0.2) is 50.3 Å². The number of nitrogens with one attached hydrogen (secondary N) is 1. The highest BCUT2D eigenvalue weighted by Gasteiger charge is 2.19. The van der Waals surface area contributed by atoms with Gasteiger partial charge in [-0.2, -0.15) is 8.78 Å². The molecule has 1 saturated heterocycles. The molecule has 0 aliphatic carbocycles. The lowest BCUT2D eigenvalue weighted by Gasteiger charge is -2.25. The summed E-state index contributed by atoms with van der Waals surface area (Å²) in [5, 5.41) is 3.23. The minimum atomic E-state index is -2.83. The van der Waals surface area contributed by atoms with Crippen LogP contribution in [0.5, 0.6) is 5.75 Å². The molecular formula is C15H20F2N2O3. The maximum atomic E-state index is 12.1. The maximum absolute atomic E-state index is 12.1. The molecule has 1 amide bonds. The predicted octanol–water partition coefficient (Wildman–Crippen LogP) is 1.62. The van der Waals surface area contributed by atoms with Gasteiger partial charge in [0.25, 0.3) is 0 Å². The number of carbonyl (C=O) groups excluding carboxylic acids is 1. The molecule has 2 rings (SSSR count). The summed E-state index contributed by atoms with van der Waals surface area (Å²) in [5.74, 6) is 0.118. The van der Waals surface area contributed by atoms with Crippen LogP contribution in [0.2, 0.25) is 0 Å². The van der Waals surface area contributed by atoms with E-state index in [0.29, 0.717) is 26.2 Å². The lowest BCUT2D eigenvalue weighted by Crippen LogP contribution is -2.44. The first-order valence-corrected chi connectivity index (χ1v) is 7.13. The van der Waals surface area contributed by atoms with Gasteiger partial charge in [0.1, 0.15) is 5.75 Å². The molecule has 0 aromatic heterocycles. The largest absolute Gasteiger partial charge is 0.435 e. The van der Waals surface area contributed by atoms with Crippen molar-refractivity contribution in [1.82, 2.24) is 10.2 Å². The lowest BCUT2D eigenvalue weighted by molar-refractivity contribution is -0.131. The molecule has 1 fully saturated rings. The van der Waals surface area contributed by atoms with Crippen molar-refractivity contribution in [2.45, 2.75) is 25.6 Å². The van der Waals surface area contributed by atoms with E-state index in [1.165, 1.54) is 12.1 Å². The number of halogens is 2. The fraction of sp³-hybridized carbons (Fsp3) is 0.533. The average Bonchev–Trinajstić information content (AvgIpc) is 2.49. The standard InChI is InChI=1S/C15H20F2N2O3/c1-19(14(20)8-12-10-21-7-6-18-12)9-11-2-4-13(5-3-11)22-15(16)17/h2-5,12,15,18H,6-10H2,1H3. The molecule has 1 aromatic rings.